The van der Waals surface area contributed by atoms with Crippen molar-refractivity contribution in [2.75, 3.05) is 19.7 Å². The van der Waals surface area contributed by atoms with Crippen molar-refractivity contribution in [2.24, 2.45) is 5.92 Å². The summed E-state index contributed by atoms with van der Waals surface area (Å²) >= 11 is 0. The van der Waals surface area contributed by atoms with Crippen LogP contribution in [0.4, 0.5) is 0 Å². The summed E-state index contributed by atoms with van der Waals surface area (Å²) in [6.45, 7) is 6.93. The second kappa shape index (κ2) is 10.8. The maximum Gasteiger partial charge on any atom is 0.355 e. The Morgan fingerprint density at radius 1 is 1.03 bits per heavy atom. The van der Waals surface area contributed by atoms with E-state index in [4.69, 9.17) is 4.74 Å². The van der Waals surface area contributed by atoms with Crippen LogP contribution >= 0.6 is 0 Å². The van der Waals surface area contributed by atoms with Crippen LogP contribution in [0, 0.1) is 19.8 Å². The van der Waals surface area contributed by atoms with Crippen molar-refractivity contribution in [1.29, 1.82) is 0 Å². The molecule has 0 unspecified atom stereocenters. The number of hydrogen-bond donors (Lipinski definition) is 2. The van der Waals surface area contributed by atoms with Gasteiger partial charge in [0.1, 0.15) is 5.69 Å². The summed E-state index contributed by atoms with van der Waals surface area (Å²) in [5, 5.41) is 3.24. The zero-order valence-electron chi connectivity index (χ0n) is 19.2. The van der Waals surface area contributed by atoms with Crippen molar-refractivity contribution in [3.63, 3.8) is 0 Å². The zero-order chi connectivity index (χ0) is 22.4. The predicted octanol–water partition coefficient (Wildman–Crippen LogP) is 3.89. The van der Waals surface area contributed by atoms with E-state index in [2.05, 4.69) is 10.3 Å². The normalized spacial score (nSPS) is 18.5. The summed E-state index contributed by atoms with van der Waals surface area (Å²) in [6.07, 6.45) is 9.38. The lowest BCUT2D eigenvalue weighted by molar-refractivity contribution is -0.123. The van der Waals surface area contributed by atoms with Crippen LogP contribution in [0.25, 0.3) is 0 Å². The average molecular weight is 432 g/mol. The highest BCUT2D eigenvalue weighted by atomic mass is 16.5. The van der Waals surface area contributed by atoms with E-state index in [0.29, 0.717) is 60.6 Å². The van der Waals surface area contributed by atoms with Crippen LogP contribution in [0.5, 0.6) is 0 Å². The monoisotopic (exact) mass is 431 g/mol. The summed E-state index contributed by atoms with van der Waals surface area (Å²) in [7, 11) is 0. The minimum atomic E-state index is -0.430. The van der Waals surface area contributed by atoms with Gasteiger partial charge in [-0.1, -0.05) is 25.7 Å². The summed E-state index contributed by atoms with van der Waals surface area (Å²) in [6, 6.07) is 0.338. The molecule has 0 spiro atoms. The molecule has 2 heterocycles. The second-order valence-corrected chi connectivity index (χ2v) is 9.04. The van der Waals surface area contributed by atoms with Crippen molar-refractivity contribution < 1.29 is 19.1 Å². The minimum absolute atomic E-state index is 0.0526. The number of carbonyl (C=O) groups is 3. The Morgan fingerprint density at radius 3 is 2.29 bits per heavy atom. The van der Waals surface area contributed by atoms with Crippen molar-refractivity contribution in [2.45, 2.75) is 84.6 Å². The quantitative estimate of drug-likeness (QED) is 0.528. The third-order valence-electron chi connectivity index (χ3n) is 6.73. The van der Waals surface area contributed by atoms with E-state index >= 15 is 0 Å². The third-order valence-corrected chi connectivity index (χ3v) is 6.73. The molecule has 1 saturated heterocycles. The smallest absolute Gasteiger partial charge is 0.355 e. The highest BCUT2D eigenvalue weighted by Gasteiger charge is 2.30. The molecule has 1 aromatic heterocycles. The molecule has 0 bridgehead atoms. The maximum atomic E-state index is 13.1. The van der Waals surface area contributed by atoms with Gasteiger partial charge >= 0.3 is 5.97 Å². The fraction of sp³-hybridized carbons (Fsp3) is 0.708. The Morgan fingerprint density at radius 2 is 1.68 bits per heavy atom. The first kappa shape index (κ1) is 23.4. The van der Waals surface area contributed by atoms with Gasteiger partial charge in [0.05, 0.1) is 12.2 Å². The zero-order valence-corrected chi connectivity index (χ0v) is 19.2. The van der Waals surface area contributed by atoms with Crippen LogP contribution in [0.3, 0.4) is 0 Å². The second-order valence-electron chi connectivity index (χ2n) is 9.04. The molecule has 0 radical (unpaired) electrons. The lowest BCUT2D eigenvalue weighted by Crippen LogP contribution is -2.41. The molecule has 2 aliphatic rings. The number of rotatable bonds is 6. The van der Waals surface area contributed by atoms with Gasteiger partial charge in [-0.15, -0.1) is 0 Å². The van der Waals surface area contributed by atoms with E-state index in [0.717, 1.165) is 25.7 Å². The molecule has 3 rings (SSSR count). The topological polar surface area (TPSA) is 91.5 Å². The van der Waals surface area contributed by atoms with Gasteiger partial charge in [-0.05, 0) is 57.9 Å². The summed E-state index contributed by atoms with van der Waals surface area (Å²) in [5.74, 6) is -0.00452. The minimum Gasteiger partial charge on any atom is -0.461 e. The van der Waals surface area contributed by atoms with Gasteiger partial charge in [-0.3, -0.25) is 9.59 Å². The Labute approximate surface area is 185 Å². The number of H-pyrrole nitrogens is 1. The molecule has 0 atom stereocenters. The van der Waals surface area contributed by atoms with Crippen molar-refractivity contribution in [3.05, 3.63) is 22.5 Å². The van der Waals surface area contributed by atoms with Crippen LogP contribution in [-0.2, 0) is 9.53 Å². The number of aromatic nitrogens is 1. The molecule has 1 aliphatic heterocycles. The van der Waals surface area contributed by atoms with Crippen LogP contribution in [0.2, 0.25) is 0 Å². The van der Waals surface area contributed by atoms with Crippen LogP contribution < -0.4 is 5.32 Å². The molecule has 0 aromatic carbocycles. The fourth-order valence-corrected chi connectivity index (χ4v) is 4.95. The highest BCUT2D eigenvalue weighted by Crippen LogP contribution is 2.26. The number of amides is 2. The van der Waals surface area contributed by atoms with Gasteiger partial charge in [0, 0.05) is 31.2 Å². The number of nitrogens with zero attached hydrogens (tertiary/aromatic N) is 1. The Balaban J connectivity index is 1.52. The number of likely N-dealkylation sites (tertiary alicyclic amines) is 1. The molecule has 7 nitrogen and oxygen atoms in total. The summed E-state index contributed by atoms with van der Waals surface area (Å²) in [5.41, 5.74) is 2.25. The van der Waals surface area contributed by atoms with Crippen LogP contribution in [-0.4, -0.2) is 53.4 Å². The predicted molar refractivity (Wildman–Crippen MR) is 119 cm³/mol. The van der Waals surface area contributed by atoms with Crippen molar-refractivity contribution >= 4 is 17.8 Å². The Hall–Kier alpha value is -2.31. The van der Waals surface area contributed by atoms with E-state index in [1.165, 1.54) is 25.7 Å². The molecule has 1 saturated carbocycles. The number of ether oxygens (including phenoxy) is 1. The van der Waals surface area contributed by atoms with Gasteiger partial charge in [0.2, 0.25) is 5.91 Å². The molecule has 172 valence electrons. The molecule has 31 heavy (non-hydrogen) atoms. The van der Waals surface area contributed by atoms with Crippen LogP contribution in [0.15, 0.2) is 0 Å². The maximum absolute atomic E-state index is 13.1. The lowest BCUT2D eigenvalue weighted by Gasteiger charge is -2.32. The SMILES string of the molecule is CCOC(=O)c1[nH]c(C)c(C(=O)N2CCC(CC(=O)NC3CCCCCC3)CC2)c1C. The Kier molecular flexibility index (Phi) is 8.15. The molecular formula is C24H37N3O4. The van der Waals surface area contributed by atoms with E-state index in [1.54, 1.807) is 13.8 Å². The fourth-order valence-electron chi connectivity index (χ4n) is 4.95. The van der Waals surface area contributed by atoms with Gasteiger partial charge in [0.15, 0.2) is 0 Å². The first-order valence-electron chi connectivity index (χ1n) is 11.9. The summed E-state index contributed by atoms with van der Waals surface area (Å²) in [4.78, 5) is 42.6. The van der Waals surface area contributed by atoms with Crippen molar-refractivity contribution in [3.8, 4) is 0 Å². The summed E-state index contributed by atoms with van der Waals surface area (Å²) < 4.78 is 5.08. The number of hydrogen-bond acceptors (Lipinski definition) is 4. The van der Waals surface area contributed by atoms with Crippen molar-refractivity contribution in [1.82, 2.24) is 15.2 Å². The van der Waals surface area contributed by atoms with E-state index in [1.807, 2.05) is 11.8 Å². The molecular weight excluding hydrogens is 394 g/mol. The standard InChI is InChI=1S/C24H37N3O4/c1-4-31-24(30)22-16(2)21(17(3)25-22)23(29)27-13-11-18(12-14-27)15-20(28)26-19-9-7-5-6-8-10-19/h18-19,25H,4-15H2,1-3H3,(H,26,28). The average Bonchev–Trinajstić information content (AvgIpc) is 2.89. The number of nitrogens with one attached hydrogen (secondary N) is 2. The number of carbonyl (C=O) groups excluding carboxylic acids is 3. The number of aromatic amines is 1. The number of esters is 1. The van der Waals surface area contributed by atoms with Crippen LogP contribution in [0.1, 0.15) is 96.8 Å². The van der Waals surface area contributed by atoms with E-state index in [9.17, 15) is 14.4 Å². The van der Waals surface area contributed by atoms with E-state index in [-0.39, 0.29) is 11.8 Å². The molecule has 7 heteroatoms. The first-order valence-corrected chi connectivity index (χ1v) is 11.9. The molecule has 1 aromatic rings. The molecule has 1 aliphatic carbocycles. The van der Waals surface area contributed by atoms with Gasteiger partial charge in [-0.25, -0.2) is 4.79 Å². The molecule has 2 amide bonds. The molecule has 2 N–H and O–H groups in total. The lowest BCUT2D eigenvalue weighted by atomic mass is 9.92. The first-order chi connectivity index (χ1) is 14.9. The highest BCUT2D eigenvalue weighted by molar-refractivity contribution is 6.01. The molecule has 2 fully saturated rings. The Bertz CT molecular complexity index is 785. The van der Waals surface area contributed by atoms with Gasteiger partial charge in [-0.2, -0.15) is 0 Å². The van der Waals surface area contributed by atoms with E-state index < -0.39 is 5.97 Å². The number of aryl methyl sites for hydroxylation is 1. The number of piperidine rings is 1. The largest absolute Gasteiger partial charge is 0.461 e. The van der Waals surface area contributed by atoms with Gasteiger partial charge < -0.3 is 19.9 Å². The third kappa shape index (κ3) is 5.89. The van der Waals surface area contributed by atoms with Gasteiger partial charge in [0.25, 0.3) is 5.91 Å².